The number of hydrogen-bond acceptors (Lipinski definition) is 6. The van der Waals surface area contributed by atoms with Crippen molar-refractivity contribution in [3.05, 3.63) is 57.6 Å². The molecule has 2 aliphatic heterocycles. The van der Waals surface area contributed by atoms with Crippen LogP contribution in [-0.2, 0) is 17.8 Å². The Bertz CT molecular complexity index is 905. The minimum absolute atomic E-state index is 0.0328. The van der Waals surface area contributed by atoms with Gasteiger partial charge in [-0.3, -0.25) is 10.1 Å². The largest absolute Gasteiger partial charge is 0.485 e. The Kier molecular flexibility index (Phi) is 3.38. The average Bonchev–Trinajstić information content (AvgIpc) is 2.89. The summed E-state index contributed by atoms with van der Waals surface area (Å²) in [6.07, 6.45) is 0.845. The van der Waals surface area contributed by atoms with Gasteiger partial charge >= 0.3 is 0 Å². The van der Waals surface area contributed by atoms with Gasteiger partial charge in [0.2, 0.25) is 0 Å². The van der Waals surface area contributed by atoms with E-state index in [4.69, 9.17) is 9.47 Å². The second kappa shape index (κ2) is 5.47. The standard InChI is InChI=1S/C18H17N3O4/c1-18(2)9-11-4-3-5-15(16(11)25-18)20-17-19-14-7-6-13(21(22)23)8-12(14)10-24-17/h3-8H,9-10H2,1-2H3,(H,19,20). The van der Waals surface area contributed by atoms with Crippen LogP contribution in [0.4, 0.5) is 17.1 Å². The Morgan fingerprint density at radius 3 is 2.88 bits per heavy atom. The second-order valence-electron chi connectivity index (χ2n) is 6.73. The van der Waals surface area contributed by atoms with Crippen molar-refractivity contribution in [3.63, 3.8) is 0 Å². The van der Waals surface area contributed by atoms with Crippen LogP contribution in [0.1, 0.15) is 25.0 Å². The van der Waals surface area contributed by atoms with Gasteiger partial charge < -0.3 is 14.8 Å². The summed E-state index contributed by atoms with van der Waals surface area (Å²) in [7, 11) is 0. The van der Waals surface area contributed by atoms with Crippen molar-refractivity contribution in [2.24, 2.45) is 4.99 Å². The first-order valence-electron chi connectivity index (χ1n) is 7.98. The van der Waals surface area contributed by atoms with Crippen LogP contribution in [0.5, 0.6) is 5.75 Å². The number of nitro benzene ring substituents is 1. The molecule has 2 aromatic rings. The first-order valence-corrected chi connectivity index (χ1v) is 7.98. The van der Waals surface area contributed by atoms with Crippen LogP contribution < -0.4 is 10.1 Å². The van der Waals surface area contributed by atoms with Crippen LogP contribution >= 0.6 is 0 Å². The minimum Gasteiger partial charge on any atom is -0.485 e. The molecule has 25 heavy (non-hydrogen) atoms. The van der Waals surface area contributed by atoms with Crippen LogP contribution in [0.2, 0.25) is 0 Å². The molecule has 2 heterocycles. The molecule has 0 aromatic heterocycles. The first-order chi connectivity index (χ1) is 11.9. The van der Waals surface area contributed by atoms with E-state index in [-0.39, 0.29) is 17.9 Å². The van der Waals surface area contributed by atoms with E-state index in [2.05, 4.69) is 24.2 Å². The van der Waals surface area contributed by atoms with Crippen molar-refractivity contribution in [1.29, 1.82) is 0 Å². The lowest BCUT2D eigenvalue weighted by Gasteiger charge is -2.20. The fraction of sp³-hybridized carbons (Fsp3) is 0.278. The predicted octanol–water partition coefficient (Wildman–Crippen LogP) is 3.94. The van der Waals surface area contributed by atoms with Gasteiger partial charge in [0.05, 0.1) is 16.3 Å². The van der Waals surface area contributed by atoms with E-state index < -0.39 is 4.92 Å². The molecule has 7 heteroatoms. The molecule has 2 aromatic carbocycles. The lowest BCUT2D eigenvalue weighted by atomic mass is 10.0. The highest BCUT2D eigenvalue weighted by molar-refractivity contribution is 5.94. The number of fused-ring (bicyclic) bond motifs is 2. The van der Waals surface area contributed by atoms with Crippen molar-refractivity contribution < 1.29 is 14.4 Å². The molecule has 7 nitrogen and oxygen atoms in total. The molecule has 1 N–H and O–H groups in total. The van der Waals surface area contributed by atoms with Crippen molar-refractivity contribution in [2.75, 3.05) is 5.32 Å². The highest BCUT2D eigenvalue weighted by Crippen LogP contribution is 2.40. The fourth-order valence-corrected chi connectivity index (χ4v) is 3.09. The number of benzene rings is 2. The van der Waals surface area contributed by atoms with E-state index >= 15 is 0 Å². The number of anilines is 1. The van der Waals surface area contributed by atoms with Gasteiger partial charge in [0, 0.05) is 29.7 Å². The maximum atomic E-state index is 10.9. The first kappa shape index (κ1) is 15.4. The van der Waals surface area contributed by atoms with Gasteiger partial charge in [-0.25, -0.2) is 0 Å². The van der Waals surface area contributed by atoms with Crippen LogP contribution in [-0.4, -0.2) is 16.5 Å². The molecule has 0 saturated carbocycles. The van der Waals surface area contributed by atoms with E-state index in [0.717, 1.165) is 23.4 Å². The summed E-state index contributed by atoms with van der Waals surface area (Å²) < 4.78 is 11.6. The molecular weight excluding hydrogens is 322 g/mol. The highest BCUT2D eigenvalue weighted by atomic mass is 16.6. The Morgan fingerprint density at radius 2 is 2.08 bits per heavy atom. The van der Waals surface area contributed by atoms with Gasteiger partial charge in [-0.05, 0) is 26.0 Å². The normalized spacial score (nSPS) is 16.8. The Hall–Kier alpha value is -3.09. The molecule has 0 radical (unpaired) electrons. The zero-order valence-electron chi connectivity index (χ0n) is 13.9. The van der Waals surface area contributed by atoms with Crippen LogP contribution in [0, 0.1) is 10.1 Å². The zero-order valence-corrected chi connectivity index (χ0v) is 13.9. The third kappa shape index (κ3) is 2.88. The summed E-state index contributed by atoms with van der Waals surface area (Å²) in [5.41, 5.74) is 3.09. The number of nitro groups is 1. The number of nitrogens with zero attached hydrogens (tertiary/aromatic N) is 2. The number of amidine groups is 1. The minimum atomic E-state index is -0.426. The van der Waals surface area contributed by atoms with Gasteiger partial charge in [-0.15, -0.1) is 0 Å². The predicted molar refractivity (Wildman–Crippen MR) is 93.5 cm³/mol. The third-order valence-corrected chi connectivity index (χ3v) is 4.19. The van der Waals surface area contributed by atoms with Gasteiger partial charge in [-0.2, -0.15) is 4.99 Å². The maximum absolute atomic E-state index is 10.9. The van der Waals surface area contributed by atoms with Crippen LogP contribution in [0.3, 0.4) is 0 Å². The highest BCUT2D eigenvalue weighted by Gasteiger charge is 2.32. The number of ether oxygens (including phenoxy) is 2. The molecular formula is C18H17N3O4. The van der Waals surface area contributed by atoms with Crippen LogP contribution in [0.25, 0.3) is 0 Å². The molecule has 0 fully saturated rings. The van der Waals surface area contributed by atoms with Crippen molar-refractivity contribution >= 4 is 23.1 Å². The Balaban J connectivity index is 1.61. The van der Waals surface area contributed by atoms with E-state index in [1.54, 1.807) is 6.07 Å². The summed E-state index contributed by atoms with van der Waals surface area (Å²) in [5.74, 6) is 0.813. The molecule has 4 rings (SSSR count). The number of rotatable bonds is 2. The molecule has 0 aliphatic carbocycles. The third-order valence-electron chi connectivity index (χ3n) is 4.19. The molecule has 0 atom stereocenters. The molecule has 0 spiro atoms. The number of para-hydroxylation sites is 1. The Morgan fingerprint density at radius 1 is 1.24 bits per heavy atom. The summed E-state index contributed by atoms with van der Waals surface area (Å²) in [5, 5.41) is 14.0. The van der Waals surface area contributed by atoms with Crippen molar-refractivity contribution in [1.82, 2.24) is 0 Å². The molecule has 2 aliphatic rings. The number of non-ortho nitro benzene ring substituents is 1. The molecule has 0 saturated heterocycles. The van der Waals surface area contributed by atoms with E-state index in [1.165, 1.54) is 12.1 Å². The van der Waals surface area contributed by atoms with Gasteiger partial charge in [0.1, 0.15) is 18.0 Å². The summed E-state index contributed by atoms with van der Waals surface area (Å²) in [4.78, 5) is 14.8. The van der Waals surface area contributed by atoms with Gasteiger partial charge in [0.15, 0.2) is 0 Å². The summed E-state index contributed by atoms with van der Waals surface area (Å²) in [6, 6.07) is 10.8. The smallest absolute Gasteiger partial charge is 0.294 e. The number of aliphatic imine (C=N–C) groups is 1. The fourth-order valence-electron chi connectivity index (χ4n) is 3.09. The monoisotopic (exact) mass is 339 g/mol. The quantitative estimate of drug-likeness (QED) is 0.661. The SMILES string of the molecule is CC1(C)Cc2cccc(NC3=Nc4ccc([N+](=O)[O-])cc4CO3)c2O1. The number of hydrogen-bond donors (Lipinski definition) is 1. The molecule has 0 amide bonds. The van der Waals surface area contributed by atoms with Crippen molar-refractivity contribution in [3.8, 4) is 5.75 Å². The topological polar surface area (TPSA) is 86.0 Å². The lowest BCUT2D eigenvalue weighted by Crippen LogP contribution is -2.25. The number of nitrogens with one attached hydrogen (secondary N) is 1. The van der Waals surface area contributed by atoms with Gasteiger partial charge in [-0.1, -0.05) is 12.1 Å². The van der Waals surface area contributed by atoms with E-state index in [0.29, 0.717) is 17.3 Å². The molecule has 128 valence electrons. The summed E-state index contributed by atoms with van der Waals surface area (Å²) >= 11 is 0. The van der Waals surface area contributed by atoms with Gasteiger partial charge in [0.25, 0.3) is 11.7 Å². The Labute approximate surface area is 144 Å². The average molecular weight is 339 g/mol. The lowest BCUT2D eigenvalue weighted by molar-refractivity contribution is -0.384. The molecule has 0 bridgehead atoms. The van der Waals surface area contributed by atoms with E-state index in [1.807, 2.05) is 18.2 Å². The van der Waals surface area contributed by atoms with Crippen molar-refractivity contribution in [2.45, 2.75) is 32.5 Å². The molecule has 0 unspecified atom stereocenters. The summed E-state index contributed by atoms with van der Waals surface area (Å²) in [6.45, 7) is 4.33. The second-order valence-corrected chi connectivity index (χ2v) is 6.73. The van der Waals surface area contributed by atoms with E-state index in [9.17, 15) is 10.1 Å². The maximum Gasteiger partial charge on any atom is 0.294 e. The zero-order chi connectivity index (χ0) is 17.6. The van der Waals surface area contributed by atoms with Crippen LogP contribution in [0.15, 0.2) is 41.4 Å².